The Morgan fingerprint density at radius 3 is 2.80 bits per heavy atom. The van der Waals surface area contributed by atoms with Crippen LogP contribution < -0.4 is 4.90 Å². The number of aromatic nitrogens is 1. The van der Waals surface area contributed by atoms with Crippen molar-refractivity contribution in [3.8, 4) is 0 Å². The highest BCUT2D eigenvalue weighted by molar-refractivity contribution is 5.94. The van der Waals surface area contributed by atoms with Gasteiger partial charge in [0.2, 0.25) is 5.91 Å². The number of hydrogen-bond acceptors (Lipinski definition) is 5. The first-order valence-electron chi connectivity index (χ1n) is 9.09. The lowest BCUT2D eigenvalue weighted by atomic mass is 10.0. The van der Waals surface area contributed by atoms with Crippen molar-refractivity contribution in [2.24, 2.45) is 11.8 Å². The zero-order chi connectivity index (χ0) is 18.0. The molecule has 0 radical (unpaired) electrons. The molecule has 0 unspecified atom stereocenters. The van der Waals surface area contributed by atoms with Crippen LogP contribution in [-0.2, 0) is 9.53 Å². The van der Waals surface area contributed by atoms with Gasteiger partial charge >= 0.3 is 5.97 Å². The van der Waals surface area contributed by atoms with E-state index in [4.69, 9.17) is 4.74 Å². The lowest BCUT2D eigenvalue weighted by Gasteiger charge is -2.35. The van der Waals surface area contributed by atoms with Crippen LogP contribution in [0.3, 0.4) is 0 Å². The predicted molar refractivity (Wildman–Crippen MR) is 95.5 cm³/mol. The quantitative estimate of drug-likeness (QED) is 0.767. The van der Waals surface area contributed by atoms with Crippen LogP contribution in [0, 0.1) is 11.8 Å². The second-order valence-corrected chi connectivity index (χ2v) is 7.36. The molecular formula is C19H27N3O3. The van der Waals surface area contributed by atoms with Gasteiger partial charge in [-0.2, -0.15) is 0 Å². The molecule has 0 bridgehead atoms. The number of carbonyl (C=O) groups is 2. The molecule has 1 aliphatic heterocycles. The molecule has 25 heavy (non-hydrogen) atoms. The molecule has 2 heterocycles. The van der Waals surface area contributed by atoms with Crippen molar-refractivity contribution in [1.82, 2.24) is 9.88 Å². The minimum absolute atomic E-state index is 0.128. The van der Waals surface area contributed by atoms with Crippen LogP contribution in [0.15, 0.2) is 18.3 Å². The lowest BCUT2D eigenvalue weighted by molar-refractivity contribution is -0.133. The third kappa shape index (κ3) is 3.94. The molecule has 1 aromatic heterocycles. The molecule has 0 aromatic carbocycles. The van der Waals surface area contributed by atoms with Crippen molar-refractivity contribution in [2.75, 3.05) is 31.6 Å². The maximum Gasteiger partial charge on any atom is 0.341 e. The van der Waals surface area contributed by atoms with E-state index in [9.17, 15) is 9.59 Å². The Morgan fingerprint density at radius 2 is 2.16 bits per heavy atom. The number of carbonyl (C=O) groups excluding carboxylic acids is 2. The number of esters is 1. The fourth-order valence-corrected chi connectivity index (χ4v) is 3.47. The van der Waals surface area contributed by atoms with E-state index in [1.807, 2.05) is 0 Å². The lowest BCUT2D eigenvalue weighted by Crippen LogP contribution is -2.47. The predicted octanol–water partition coefficient (Wildman–Crippen LogP) is 2.34. The van der Waals surface area contributed by atoms with Crippen LogP contribution in [0.25, 0.3) is 0 Å². The molecule has 1 saturated carbocycles. The summed E-state index contributed by atoms with van der Waals surface area (Å²) < 4.78 is 4.89. The average molecular weight is 345 g/mol. The molecule has 0 N–H and O–H groups in total. The molecule has 6 heteroatoms. The first-order valence-corrected chi connectivity index (χ1v) is 9.09. The second-order valence-electron chi connectivity index (χ2n) is 7.36. The smallest absolute Gasteiger partial charge is 0.341 e. The van der Waals surface area contributed by atoms with Crippen molar-refractivity contribution < 1.29 is 14.3 Å². The van der Waals surface area contributed by atoms with Gasteiger partial charge in [-0.25, -0.2) is 9.78 Å². The van der Waals surface area contributed by atoms with Gasteiger partial charge in [-0.1, -0.05) is 13.8 Å². The summed E-state index contributed by atoms with van der Waals surface area (Å²) >= 11 is 0. The molecule has 1 aromatic rings. The zero-order valence-corrected chi connectivity index (χ0v) is 15.3. The zero-order valence-electron chi connectivity index (χ0n) is 15.3. The van der Waals surface area contributed by atoms with E-state index in [0.29, 0.717) is 42.7 Å². The minimum atomic E-state index is -0.394. The van der Waals surface area contributed by atoms with Gasteiger partial charge in [0.05, 0.1) is 13.2 Å². The van der Waals surface area contributed by atoms with Crippen molar-refractivity contribution in [1.29, 1.82) is 0 Å². The molecule has 1 atom stereocenters. The van der Waals surface area contributed by atoms with Crippen LogP contribution in [0.1, 0.15) is 43.5 Å². The number of methoxy groups -OCH3 is 1. The number of rotatable bonds is 5. The number of hydrogen-bond donors (Lipinski definition) is 0. The molecule has 1 saturated heterocycles. The van der Waals surface area contributed by atoms with Gasteiger partial charge in [0, 0.05) is 32.3 Å². The van der Waals surface area contributed by atoms with Crippen molar-refractivity contribution in [2.45, 2.75) is 39.2 Å². The van der Waals surface area contributed by atoms with Crippen molar-refractivity contribution >= 4 is 17.7 Å². The van der Waals surface area contributed by atoms with Gasteiger partial charge in [0.25, 0.3) is 0 Å². The molecule has 1 amide bonds. The highest BCUT2D eigenvalue weighted by atomic mass is 16.5. The van der Waals surface area contributed by atoms with E-state index in [2.05, 4.69) is 28.6 Å². The SMILES string of the molecule is COC(=O)c1cccnc1N1CCC(=O)N(CC2CC2)[C@@H](C(C)C)C1. The number of nitrogens with zero attached hydrogens (tertiary/aromatic N) is 3. The van der Waals surface area contributed by atoms with E-state index in [1.165, 1.54) is 20.0 Å². The average Bonchev–Trinajstić information content (AvgIpc) is 3.44. The monoisotopic (exact) mass is 345 g/mol. The number of anilines is 1. The third-order valence-corrected chi connectivity index (χ3v) is 5.14. The van der Waals surface area contributed by atoms with Crippen LogP contribution in [0.5, 0.6) is 0 Å². The Kier molecular flexibility index (Phi) is 5.25. The van der Waals surface area contributed by atoms with E-state index in [0.717, 1.165) is 6.54 Å². The molecule has 6 nitrogen and oxygen atoms in total. The fraction of sp³-hybridized carbons (Fsp3) is 0.632. The standard InChI is InChI=1S/C19H27N3O3/c1-13(2)16-12-21(10-8-17(23)22(16)11-14-6-7-14)18-15(19(24)25-3)5-4-9-20-18/h4-5,9,13-14,16H,6-8,10-12H2,1-3H3/t16-/m1/s1. The van der Waals surface area contributed by atoms with Gasteiger partial charge in [-0.3, -0.25) is 4.79 Å². The van der Waals surface area contributed by atoms with Crippen LogP contribution >= 0.6 is 0 Å². The Bertz CT molecular complexity index is 643. The second kappa shape index (κ2) is 7.42. The first-order chi connectivity index (χ1) is 12.0. The van der Waals surface area contributed by atoms with Crippen molar-refractivity contribution in [3.63, 3.8) is 0 Å². The largest absolute Gasteiger partial charge is 0.465 e. The molecule has 1 aliphatic carbocycles. The summed E-state index contributed by atoms with van der Waals surface area (Å²) in [6.07, 6.45) is 4.59. The number of ether oxygens (including phenoxy) is 1. The molecular weight excluding hydrogens is 318 g/mol. The van der Waals surface area contributed by atoms with E-state index in [1.54, 1.807) is 18.3 Å². The fourth-order valence-electron chi connectivity index (χ4n) is 3.47. The van der Waals surface area contributed by atoms with Crippen LogP contribution in [-0.4, -0.2) is 54.5 Å². The summed E-state index contributed by atoms with van der Waals surface area (Å²) in [6, 6.07) is 3.59. The Balaban J connectivity index is 1.88. The summed E-state index contributed by atoms with van der Waals surface area (Å²) in [5.74, 6) is 1.44. The topological polar surface area (TPSA) is 62.7 Å². The third-order valence-electron chi connectivity index (χ3n) is 5.14. The van der Waals surface area contributed by atoms with Crippen LogP contribution in [0.4, 0.5) is 5.82 Å². The maximum absolute atomic E-state index is 12.7. The highest BCUT2D eigenvalue weighted by Crippen LogP contribution is 2.33. The molecule has 3 rings (SSSR count). The van der Waals surface area contributed by atoms with Gasteiger partial charge in [0.15, 0.2) is 0 Å². The van der Waals surface area contributed by atoms with Gasteiger partial charge < -0.3 is 14.5 Å². The summed E-state index contributed by atoms with van der Waals surface area (Å²) in [4.78, 5) is 33.4. The summed E-state index contributed by atoms with van der Waals surface area (Å²) in [5, 5.41) is 0. The molecule has 2 fully saturated rings. The minimum Gasteiger partial charge on any atom is -0.465 e. The van der Waals surface area contributed by atoms with Crippen molar-refractivity contribution in [3.05, 3.63) is 23.9 Å². The molecule has 0 spiro atoms. The normalized spacial score (nSPS) is 21.4. The summed E-state index contributed by atoms with van der Waals surface area (Å²) in [5.41, 5.74) is 0.454. The van der Waals surface area contributed by atoms with E-state index in [-0.39, 0.29) is 11.9 Å². The van der Waals surface area contributed by atoms with E-state index < -0.39 is 5.97 Å². The Hall–Kier alpha value is -2.11. The number of pyridine rings is 1. The first kappa shape index (κ1) is 17.7. The Labute approximate surface area is 149 Å². The molecule has 136 valence electrons. The van der Waals surface area contributed by atoms with Gasteiger partial charge in [-0.15, -0.1) is 0 Å². The maximum atomic E-state index is 12.7. The van der Waals surface area contributed by atoms with Gasteiger partial charge in [-0.05, 0) is 36.8 Å². The Morgan fingerprint density at radius 1 is 1.40 bits per heavy atom. The van der Waals surface area contributed by atoms with Gasteiger partial charge in [0.1, 0.15) is 11.4 Å². The summed E-state index contributed by atoms with van der Waals surface area (Å²) in [7, 11) is 1.37. The highest BCUT2D eigenvalue weighted by Gasteiger charge is 2.36. The van der Waals surface area contributed by atoms with E-state index >= 15 is 0 Å². The number of amides is 1. The summed E-state index contributed by atoms with van der Waals surface area (Å²) in [6.45, 7) is 6.44. The van der Waals surface area contributed by atoms with Crippen LogP contribution in [0.2, 0.25) is 0 Å². The molecule has 2 aliphatic rings.